The highest BCUT2D eigenvalue weighted by atomic mass is 79.9. The number of anilines is 2. The lowest BCUT2D eigenvalue weighted by atomic mass is 10.2. The minimum Gasteiger partial charge on any atom is -0.397 e. The van der Waals surface area contributed by atoms with Crippen molar-refractivity contribution in [3.8, 4) is 0 Å². The maximum Gasteiger partial charge on any atom is 0.256 e. The molecule has 2 aromatic carbocycles. The van der Waals surface area contributed by atoms with Gasteiger partial charge < -0.3 is 11.1 Å². The molecule has 0 heterocycles. The molecule has 0 aliphatic heterocycles. The average molecular weight is 327 g/mol. The number of amides is 1. The molecule has 0 spiro atoms. The molecule has 0 bridgehead atoms. The van der Waals surface area contributed by atoms with Gasteiger partial charge in [0.15, 0.2) is 11.6 Å². The van der Waals surface area contributed by atoms with Gasteiger partial charge in [-0.25, -0.2) is 8.78 Å². The van der Waals surface area contributed by atoms with Gasteiger partial charge in [0.2, 0.25) is 0 Å². The van der Waals surface area contributed by atoms with Gasteiger partial charge in [-0.15, -0.1) is 0 Å². The van der Waals surface area contributed by atoms with Gasteiger partial charge in [0.1, 0.15) is 5.69 Å². The van der Waals surface area contributed by atoms with Crippen LogP contribution in [0, 0.1) is 11.6 Å². The molecule has 1 amide bonds. The fraction of sp³-hybridized carbons (Fsp3) is 0. The number of hydrogen-bond acceptors (Lipinski definition) is 2. The molecular weight excluding hydrogens is 318 g/mol. The third-order valence-corrected chi connectivity index (χ3v) is 3.18. The number of nitrogens with two attached hydrogens (primary N) is 1. The van der Waals surface area contributed by atoms with Crippen LogP contribution in [0.2, 0.25) is 0 Å². The third kappa shape index (κ3) is 2.73. The van der Waals surface area contributed by atoms with Gasteiger partial charge in [-0.2, -0.15) is 0 Å². The molecule has 0 aromatic heterocycles. The van der Waals surface area contributed by atoms with E-state index >= 15 is 0 Å². The first-order valence-corrected chi connectivity index (χ1v) is 6.09. The summed E-state index contributed by atoms with van der Waals surface area (Å²) in [5.74, 6) is -2.83. The van der Waals surface area contributed by atoms with E-state index in [-0.39, 0.29) is 11.4 Å². The average Bonchev–Trinajstić information content (AvgIpc) is 2.39. The van der Waals surface area contributed by atoms with E-state index in [1.165, 1.54) is 6.07 Å². The zero-order chi connectivity index (χ0) is 14.0. The van der Waals surface area contributed by atoms with Crippen LogP contribution < -0.4 is 11.1 Å². The van der Waals surface area contributed by atoms with Crippen LogP contribution in [0.1, 0.15) is 10.4 Å². The van der Waals surface area contributed by atoms with E-state index in [2.05, 4.69) is 21.2 Å². The van der Waals surface area contributed by atoms with Crippen molar-refractivity contribution in [2.75, 3.05) is 11.1 Å². The van der Waals surface area contributed by atoms with Crippen LogP contribution in [-0.4, -0.2) is 5.91 Å². The second kappa shape index (κ2) is 5.36. The minimum absolute atomic E-state index is 0.0423. The van der Waals surface area contributed by atoms with Crippen LogP contribution >= 0.6 is 15.9 Å². The van der Waals surface area contributed by atoms with E-state index in [4.69, 9.17) is 5.73 Å². The highest BCUT2D eigenvalue weighted by molar-refractivity contribution is 9.10. The summed E-state index contributed by atoms with van der Waals surface area (Å²) in [5, 5.41) is 2.27. The largest absolute Gasteiger partial charge is 0.397 e. The molecule has 0 saturated carbocycles. The first-order valence-electron chi connectivity index (χ1n) is 5.30. The van der Waals surface area contributed by atoms with E-state index in [9.17, 15) is 13.6 Å². The molecule has 3 nitrogen and oxygen atoms in total. The molecule has 0 atom stereocenters. The Morgan fingerprint density at radius 2 is 1.84 bits per heavy atom. The molecule has 0 aliphatic rings. The third-order valence-electron chi connectivity index (χ3n) is 2.48. The standard InChI is InChI=1S/C13H9BrF2N2O/c14-8-4-2-1-3-7(8)13(19)18-12-10(17)6-5-9(15)11(12)16/h1-6H,17H2,(H,18,19). The molecule has 6 heteroatoms. The van der Waals surface area contributed by atoms with Gasteiger partial charge in [0.25, 0.3) is 5.91 Å². The summed E-state index contributed by atoms with van der Waals surface area (Å²) >= 11 is 3.20. The zero-order valence-electron chi connectivity index (χ0n) is 9.58. The monoisotopic (exact) mass is 326 g/mol. The van der Waals surface area contributed by atoms with Crippen molar-refractivity contribution in [3.05, 3.63) is 58.1 Å². The lowest BCUT2D eigenvalue weighted by molar-refractivity contribution is 0.102. The minimum atomic E-state index is -1.18. The summed E-state index contributed by atoms with van der Waals surface area (Å²) < 4.78 is 27.2. The number of benzene rings is 2. The topological polar surface area (TPSA) is 55.1 Å². The summed E-state index contributed by atoms with van der Waals surface area (Å²) in [6.45, 7) is 0. The molecule has 2 rings (SSSR count). The van der Waals surface area contributed by atoms with Gasteiger partial charge in [-0.3, -0.25) is 4.79 Å². The number of rotatable bonds is 2. The number of carbonyl (C=O) groups excluding carboxylic acids is 1. The van der Waals surface area contributed by atoms with Crippen molar-refractivity contribution >= 4 is 33.2 Å². The summed E-state index contributed by atoms with van der Waals surface area (Å²) in [6, 6.07) is 8.70. The zero-order valence-corrected chi connectivity index (χ0v) is 11.2. The predicted octanol–water partition coefficient (Wildman–Crippen LogP) is 3.56. The SMILES string of the molecule is Nc1ccc(F)c(F)c1NC(=O)c1ccccc1Br. The van der Waals surface area contributed by atoms with Crippen molar-refractivity contribution in [1.29, 1.82) is 0 Å². The van der Waals surface area contributed by atoms with E-state index in [1.807, 2.05) is 0 Å². The smallest absolute Gasteiger partial charge is 0.256 e. The molecule has 0 fully saturated rings. The van der Waals surface area contributed by atoms with Crippen molar-refractivity contribution < 1.29 is 13.6 Å². The Bertz CT molecular complexity index is 647. The highest BCUT2D eigenvalue weighted by Crippen LogP contribution is 2.26. The molecule has 19 heavy (non-hydrogen) atoms. The fourth-order valence-electron chi connectivity index (χ4n) is 1.52. The predicted molar refractivity (Wildman–Crippen MR) is 72.9 cm³/mol. The molecule has 0 radical (unpaired) electrons. The van der Waals surface area contributed by atoms with Crippen molar-refractivity contribution in [1.82, 2.24) is 0 Å². The van der Waals surface area contributed by atoms with Crippen LogP contribution in [-0.2, 0) is 0 Å². The Morgan fingerprint density at radius 3 is 2.53 bits per heavy atom. The van der Waals surface area contributed by atoms with Gasteiger partial charge >= 0.3 is 0 Å². The van der Waals surface area contributed by atoms with E-state index < -0.39 is 17.5 Å². The van der Waals surface area contributed by atoms with E-state index in [0.717, 1.165) is 6.07 Å². The van der Waals surface area contributed by atoms with Gasteiger partial charge in [0, 0.05) is 4.47 Å². The summed E-state index contributed by atoms with van der Waals surface area (Å²) in [6.07, 6.45) is 0. The quantitative estimate of drug-likeness (QED) is 0.829. The molecule has 0 unspecified atom stereocenters. The van der Waals surface area contributed by atoms with E-state index in [0.29, 0.717) is 10.0 Å². The molecule has 2 aromatic rings. The Balaban J connectivity index is 2.35. The van der Waals surface area contributed by atoms with Crippen LogP contribution in [0.4, 0.5) is 20.2 Å². The van der Waals surface area contributed by atoms with Gasteiger partial charge in [0.05, 0.1) is 11.3 Å². The second-order valence-electron chi connectivity index (χ2n) is 3.76. The Hall–Kier alpha value is -1.95. The maximum absolute atomic E-state index is 13.6. The molecular formula is C13H9BrF2N2O. The lowest BCUT2D eigenvalue weighted by Gasteiger charge is -2.10. The molecule has 3 N–H and O–H groups in total. The van der Waals surface area contributed by atoms with Crippen molar-refractivity contribution in [3.63, 3.8) is 0 Å². The number of nitrogen functional groups attached to an aromatic ring is 1. The van der Waals surface area contributed by atoms with Crippen molar-refractivity contribution in [2.45, 2.75) is 0 Å². The lowest BCUT2D eigenvalue weighted by Crippen LogP contribution is -2.15. The number of nitrogens with one attached hydrogen (secondary N) is 1. The van der Waals surface area contributed by atoms with Crippen molar-refractivity contribution in [2.24, 2.45) is 0 Å². The Morgan fingerprint density at radius 1 is 1.16 bits per heavy atom. The molecule has 0 saturated heterocycles. The normalized spacial score (nSPS) is 10.3. The second-order valence-corrected chi connectivity index (χ2v) is 4.61. The first kappa shape index (κ1) is 13.5. The van der Waals surface area contributed by atoms with Gasteiger partial charge in [-0.05, 0) is 40.2 Å². The van der Waals surface area contributed by atoms with Gasteiger partial charge in [-0.1, -0.05) is 12.1 Å². The van der Waals surface area contributed by atoms with Crippen LogP contribution in [0.25, 0.3) is 0 Å². The summed E-state index contributed by atoms with van der Waals surface area (Å²) in [4.78, 5) is 12.0. The molecule has 0 aliphatic carbocycles. The Kier molecular flexibility index (Phi) is 3.80. The van der Waals surface area contributed by atoms with E-state index in [1.54, 1.807) is 24.3 Å². The summed E-state index contributed by atoms with van der Waals surface area (Å²) in [5.41, 5.74) is 5.42. The van der Waals surface area contributed by atoms with Crippen LogP contribution in [0.5, 0.6) is 0 Å². The summed E-state index contributed by atoms with van der Waals surface area (Å²) in [7, 11) is 0. The highest BCUT2D eigenvalue weighted by Gasteiger charge is 2.16. The number of carbonyl (C=O) groups is 1. The Labute approximate surface area is 116 Å². The maximum atomic E-state index is 13.6. The van der Waals surface area contributed by atoms with Crippen LogP contribution in [0.3, 0.4) is 0 Å². The number of halogens is 3. The number of hydrogen-bond donors (Lipinski definition) is 2. The molecule has 98 valence electrons. The first-order chi connectivity index (χ1) is 9.00. The van der Waals surface area contributed by atoms with Crippen LogP contribution in [0.15, 0.2) is 40.9 Å². The fourth-order valence-corrected chi connectivity index (χ4v) is 1.98.